The summed E-state index contributed by atoms with van der Waals surface area (Å²) in [6, 6.07) is 18.9. The second kappa shape index (κ2) is 11.9. The van der Waals surface area contributed by atoms with Crippen molar-refractivity contribution in [3.63, 3.8) is 0 Å². The SMILES string of the molecule is COc1ccc(C(=O)N(c2ccc(OC)cc2OC)C(C)c2nc3ccccc3c(=O)n2N2CCN(C)CC2)cc1. The van der Waals surface area contributed by atoms with Crippen molar-refractivity contribution in [2.75, 3.05) is 64.5 Å². The fourth-order valence-electron chi connectivity index (χ4n) is 5.15. The van der Waals surface area contributed by atoms with Gasteiger partial charge in [-0.05, 0) is 62.5 Å². The number of hydrogen-bond acceptors (Lipinski definition) is 8. The smallest absolute Gasteiger partial charge is 0.280 e. The first kappa shape index (κ1) is 28.0. The van der Waals surface area contributed by atoms with E-state index in [1.165, 1.54) is 0 Å². The lowest BCUT2D eigenvalue weighted by Gasteiger charge is -2.38. The molecule has 41 heavy (non-hydrogen) atoms. The molecule has 1 unspecified atom stereocenters. The summed E-state index contributed by atoms with van der Waals surface area (Å²) in [7, 11) is 6.77. The first-order valence-corrected chi connectivity index (χ1v) is 13.5. The van der Waals surface area contributed by atoms with Gasteiger partial charge in [0.1, 0.15) is 17.2 Å². The first-order valence-electron chi connectivity index (χ1n) is 13.5. The third kappa shape index (κ3) is 5.43. The van der Waals surface area contributed by atoms with Crippen molar-refractivity contribution < 1.29 is 19.0 Å². The fourth-order valence-corrected chi connectivity index (χ4v) is 5.15. The molecule has 5 rings (SSSR count). The van der Waals surface area contributed by atoms with Gasteiger partial charge < -0.3 is 24.1 Å². The van der Waals surface area contributed by atoms with Gasteiger partial charge in [-0.1, -0.05) is 12.1 Å². The van der Waals surface area contributed by atoms with E-state index in [9.17, 15) is 9.59 Å². The molecular formula is C31H35N5O5. The van der Waals surface area contributed by atoms with E-state index in [1.807, 2.05) is 30.1 Å². The topological polar surface area (TPSA) is 89.4 Å². The maximum atomic E-state index is 14.3. The third-order valence-corrected chi connectivity index (χ3v) is 7.50. The Balaban J connectivity index is 1.71. The van der Waals surface area contributed by atoms with E-state index in [0.717, 1.165) is 13.1 Å². The number of para-hydroxylation sites is 1. The number of fused-ring (bicyclic) bond motifs is 1. The molecule has 0 aliphatic carbocycles. The van der Waals surface area contributed by atoms with Crippen LogP contribution in [0.3, 0.4) is 0 Å². The third-order valence-electron chi connectivity index (χ3n) is 7.50. The predicted molar refractivity (Wildman–Crippen MR) is 159 cm³/mol. The average molecular weight is 558 g/mol. The molecule has 0 saturated carbocycles. The van der Waals surface area contributed by atoms with E-state index in [1.54, 1.807) is 79.4 Å². The number of nitrogens with zero attached hydrogens (tertiary/aromatic N) is 5. The highest BCUT2D eigenvalue weighted by molar-refractivity contribution is 6.07. The molecule has 1 aromatic heterocycles. The number of anilines is 1. The van der Waals surface area contributed by atoms with Crippen molar-refractivity contribution in [2.45, 2.75) is 13.0 Å². The molecule has 0 N–H and O–H groups in total. The van der Waals surface area contributed by atoms with E-state index in [-0.39, 0.29) is 11.5 Å². The zero-order chi connectivity index (χ0) is 29.1. The Morgan fingerprint density at radius 1 is 0.878 bits per heavy atom. The lowest BCUT2D eigenvalue weighted by molar-refractivity contribution is 0.0975. The van der Waals surface area contributed by atoms with Gasteiger partial charge in [0.2, 0.25) is 0 Å². The van der Waals surface area contributed by atoms with Crippen LogP contribution in [0, 0.1) is 0 Å². The summed E-state index contributed by atoms with van der Waals surface area (Å²) in [5.41, 5.74) is 1.38. The molecule has 10 heteroatoms. The summed E-state index contributed by atoms with van der Waals surface area (Å²) in [5, 5.41) is 2.55. The van der Waals surface area contributed by atoms with Gasteiger partial charge in [-0.2, -0.15) is 0 Å². The molecule has 0 spiro atoms. The van der Waals surface area contributed by atoms with Crippen LogP contribution in [0.5, 0.6) is 17.2 Å². The normalized spacial score (nSPS) is 14.5. The molecular weight excluding hydrogens is 522 g/mol. The molecule has 214 valence electrons. The Bertz CT molecular complexity index is 1600. The number of aromatic nitrogens is 2. The summed E-state index contributed by atoms with van der Waals surface area (Å²) in [4.78, 5) is 37.2. The van der Waals surface area contributed by atoms with Gasteiger partial charge in [0, 0.05) is 37.8 Å². The fraction of sp³-hybridized carbons (Fsp3) is 0.323. The molecule has 1 amide bonds. The Hall–Kier alpha value is -4.57. The van der Waals surface area contributed by atoms with Gasteiger partial charge in [0.05, 0.1) is 44.0 Å². The minimum Gasteiger partial charge on any atom is -0.497 e. The van der Waals surface area contributed by atoms with Crippen molar-refractivity contribution in [1.82, 2.24) is 14.6 Å². The molecule has 0 bridgehead atoms. The summed E-state index contributed by atoms with van der Waals surface area (Å²) in [5.74, 6) is 1.86. The van der Waals surface area contributed by atoms with Gasteiger partial charge >= 0.3 is 0 Å². The number of carbonyl (C=O) groups is 1. The molecule has 1 aliphatic heterocycles. The minimum atomic E-state index is -0.663. The lowest BCUT2D eigenvalue weighted by Crippen LogP contribution is -2.55. The highest BCUT2D eigenvalue weighted by Gasteiger charge is 2.32. The standard InChI is InChI=1S/C31H35N5O5/c1-21(29-32-26-9-7-6-8-25(26)31(38)36(29)34-18-16-33(2)17-19-34)35(27-15-14-24(40-4)20-28(27)41-5)30(37)22-10-12-23(39-3)13-11-22/h6-15,20-21H,16-19H2,1-5H3. The van der Waals surface area contributed by atoms with Crippen molar-refractivity contribution in [3.05, 3.63) is 88.5 Å². The average Bonchev–Trinajstić information content (AvgIpc) is 3.01. The maximum absolute atomic E-state index is 14.3. The van der Waals surface area contributed by atoms with Crippen molar-refractivity contribution in [3.8, 4) is 17.2 Å². The molecule has 1 fully saturated rings. The van der Waals surface area contributed by atoms with E-state index >= 15 is 0 Å². The monoisotopic (exact) mass is 557 g/mol. The van der Waals surface area contributed by atoms with Crippen molar-refractivity contribution in [1.29, 1.82) is 0 Å². The van der Waals surface area contributed by atoms with Gasteiger partial charge in [0.25, 0.3) is 11.5 Å². The van der Waals surface area contributed by atoms with Crippen LogP contribution in [0.1, 0.15) is 29.1 Å². The summed E-state index contributed by atoms with van der Waals surface area (Å²) in [6.07, 6.45) is 0. The largest absolute Gasteiger partial charge is 0.497 e. The molecule has 10 nitrogen and oxygen atoms in total. The van der Waals surface area contributed by atoms with Crippen LogP contribution in [-0.4, -0.2) is 75.0 Å². The number of rotatable bonds is 8. The van der Waals surface area contributed by atoms with Crippen LogP contribution >= 0.6 is 0 Å². The number of methoxy groups -OCH3 is 3. The zero-order valence-electron chi connectivity index (χ0n) is 24.0. The number of likely N-dealkylation sites (N-methyl/N-ethyl adjacent to an activating group) is 1. The Kier molecular flexibility index (Phi) is 8.11. The number of benzene rings is 3. The van der Waals surface area contributed by atoms with Crippen LogP contribution in [0.25, 0.3) is 10.9 Å². The second-order valence-corrected chi connectivity index (χ2v) is 9.98. The quantitative estimate of drug-likeness (QED) is 0.324. The van der Waals surface area contributed by atoms with Crippen LogP contribution in [0.15, 0.2) is 71.5 Å². The number of hydrogen-bond donors (Lipinski definition) is 0. The molecule has 1 atom stereocenters. The second-order valence-electron chi connectivity index (χ2n) is 9.98. The van der Waals surface area contributed by atoms with E-state index in [0.29, 0.717) is 58.3 Å². The Morgan fingerprint density at radius 3 is 2.20 bits per heavy atom. The Morgan fingerprint density at radius 2 is 1.54 bits per heavy atom. The van der Waals surface area contributed by atoms with E-state index in [2.05, 4.69) is 11.9 Å². The highest BCUT2D eigenvalue weighted by atomic mass is 16.5. The molecule has 2 heterocycles. The number of carbonyl (C=O) groups excluding carboxylic acids is 1. The van der Waals surface area contributed by atoms with Gasteiger partial charge in [-0.25, -0.2) is 9.66 Å². The van der Waals surface area contributed by atoms with Crippen molar-refractivity contribution >= 4 is 22.5 Å². The maximum Gasteiger partial charge on any atom is 0.280 e. The lowest BCUT2D eigenvalue weighted by atomic mass is 10.1. The molecule has 1 saturated heterocycles. The minimum absolute atomic E-state index is 0.166. The van der Waals surface area contributed by atoms with E-state index in [4.69, 9.17) is 19.2 Å². The summed E-state index contributed by atoms with van der Waals surface area (Å²) in [6.45, 7) is 4.78. The van der Waals surface area contributed by atoms with Gasteiger partial charge in [-0.15, -0.1) is 0 Å². The summed E-state index contributed by atoms with van der Waals surface area (Å²) < 4.78 is 18.1. The van der Waals surface area contributed by atoms with E-state index < -0.39 is 6.04 Å². The Labute approximate surface area is 239 Å². The predicted octanol–water partition coefficient (Wildman–Crippen LogP) is 3.71. The van der Waals surface area contributed by atoms with Crippen LogP contribution in [0.2, 0.25) is 0 Å². The van der Waals surface area contributed by atoms with Crippen LogP contribution < -0.4 is 29.7 Å². The summed E-state index contributed by atoms with van der Waals surface area (Å²) >= 11 is 0. The number of amides is 1. The highest BCUT2D eigenvalue weighted by Crippen LogP contribution is 2.38. The number of piperazine rings is 1. The zero-order valence-corrected chi connectivity index (χ0v) is 24.0. The number of ether oxygens (including phenoxy) is 3. The van der Waals surface area contributed by atoms with Gasteiger partial charge in [0.15, 0.2) is 5.82 Å². The molecule has 0 radical (unpaired) electrons. The van der Waals surface area contributed by atoms with Gasteiger partial charge in [-0.3, -0.25) is 14.5 Å². The molecule has 4 aromatic rings. The molecule has 3 aromatic carbocycles. The molecule has 1 aliphatic rings. The first-order chi connectivity index (χ1) is 19.9. The van der Waals surface area contributed by atoms with Crippen molar-refractivity contribution in [2.24, 2.45) is 0 Å². The van der Waals surface area contributed by atoms with Crippen LogP contribution in [0.4, 0.5) is 5.69 Å². The van der Waals surface area contributed by atoms with Crippen LogP contribution in [-0.2, 0) is 0 Å².